The third-order valence-electron chi connectivity index (χ3n) is 3.36. The minimum absolute atomic E-state index is 0.181. The van der Waals surface area contributed by atoms with Crippen LogP contribution in [0.1, 0.15) is 0 Å². The predicted molar refractivity (Wildman–Crippen MR) is 99.1 cm³/mol. The first kappa shape index (κ1) is 17.5. The Balaban J connectivity index is 1.68. The molecular weight excluding hydrogens is 406 g/mol. The molecule has 0 saturated heterocycles. The van der Waals surface area contributed by atoms with E-state index in [4.69, 9.17) is 4.74 Å². The molecule has 6 nitrogen and oxygen atoms in total. The van der Waals surface area contributed by atoms with Crippen molar-refractivity contribution < 1.29 is 13.2 Å². The van der Waals surface area contributed by atoms with E-state index in [0.29, 0.717) is 29.1 Å². The van der Waals surface area contributed by atoms with Crippen molar-refractivity contribution in [3.05, 3.63) is 71.5 Å². The molecule has 0 atom stereocenters. The molecule has 1 N–H and O–H groups in total. The van der Waals surface area contributed by atoms with Gasteiger partial charge in [0, 0.05) is 22.9 Å². The molecule has 0 bridgehead atoms. The Bertz CT molecular complexity index is 943. The smallest absolute Gasteiger partial charge is 0.263 e. The second-order valence-corrected chi connectivity index (χ2v) is 7.69. The van der Waals surface area contributed by atoms with Gasteiger partial charge in [-0.1, -0.05) is 18.2 Å². The summed E-state index contributed by atoms with van der Waals surface area (Å²) in [4.78, 5) is 0.181. The van der Waals surface area contributed by atoms with Crippen molar-refractivity contribution >= 4 is 31.6 Å². The third-order valence-corrected chi connectivity index (χ3v) is 5.75. The van der Waals surface area contributed by atoms with Crippen molar-refractivity contribution in [3.63, 3.8) is 0 Å². The molecule has 0 aliphatic heterocycles. The number of benzene rings is 2. The van der Waals surface area contributed by atoms with Crippen LogP contribution < -0.4 is 9.46 Å². The van der Waals surface area contributed by atoms with E-state index in [1.807, 2.05) is 12.3 Å². The van der Waals surface area contributed by atoms with Gasteiger partial charge in [0.05, 0.1) is 12.2 Å². The highest BCUT2D eigenvalue weighted by molar-refractivity contribution is 9.10. The van der Waals surface area contributed by atoms with Gasteiger partial charge in [0.25, 0.3) is 10.0 Å². The number of aromatic nitrogens is 2. The second kappa shape index (κ2) is 7.71. The molecule has 3 rings (SSSR count). The van der Waals surface area contributed by atoms with Gasteiger partial charge >= 0.3 is 0 Å². The van der Waals surface area contributed by atoms with E-state index in [2.05, 4.69) is 25.8 Å². The molecule has 2 aromatic carbocycles. The molecule has 0 radical (unpaired) electrons. The first-order chi connectivity index (χ1) is 12.0. The summed E-state index contributed by atoms with van der Waals surface area (Å²) in [6.07, 6.45) is 3.56. The zero-order valence-electron chi connectivity index (χ0n) is 13.2. The van der Waals surface area contributed by atoms with Gasteiger partial charge in [0.15, 0.2) is 0 Å². The fraction of sp³-hybridized carbons (Fsp3) is 0.118. The molecule has 1 aromatic heterocycles. The number of hydrogen-bond acceptors (Lipinski definition) is 4. The van der Waals surface area contributed by atoms with E-state index in [9.17, 15) is 8.42 Å². The normalized spacial score (nSPS) is 11.2. The van der Waals surface area contributed by atoms with Gasteiger partial charge in [-0.3, -0.25) is 9.40 Å². The van der Waals surface area contributed by atoms with Crippen molar-refractivity contribution in [2.75, 3.05) is 11.3 Å². The molecule has 130 valence electrons. The molecule has 1 heterocycles. The average Bonchev–Trinajstić information content (AvgIpc) is 3.08. The van der Waals surface area contributed by atoms with Gasteiger partial charge in [-0.05, 0) is 46.3 Å². The van der Waals surface area contributed by atoms with Crippen LogP contribution in [0.4, 0.5) is 5.69 Å². The number of nitrogens with one attached hydrogen (secondary N) is 1. The molecule has 0 unspecified atom stereocenters. The Morgan fingerprint density at radius 2 is 1.96 bits per heavy atom. The molecule has 25 heavy (non-hydrogen) atoms. The predicted octanol–water partition coefficient (Wildman–Crippen LogP) is 3.53. The van der Waals surface area contributed by atoms with Crippen LogP contribution in [0, 0.1) is 0 Å². The van der Waals surface area contributed by atoms with Crippen LogP contribution in [0.2, 0.25) is 0 Å². The van der Waals surface area contributed by atoms with Gasteiger partial charge in [-0.25, -0.2) is 8.42 Å². The molecular formula is C17H16BrN3O3S. The van der Waals surface area contributed by atoms with Crippen molar-refractivity contribution in [2.45, 2.75) is 11.4 Å². The Labute approximate surface area is 154 Å². The first-order valence-electron chi connectivity index (χ1n) is 7.52. The summed E-state index contributed by atoms with van der Waals surface area (Å²) >= 11 is 3.26. The second-order valence-electron chi connectivity index (χ2n) is 5.18. The highest BCUT2D eigenvalue weighted by Gasteiger charge is 2.17. The number of ether oxygens (including phenoxy) is 1. The molecule has 0 saturated carbocycles. The van der Waals surface area contributed by atoms with E-state index in [1.54, 1.807) is 53.3 Å². The lowest BCUT2D eigenvalue weighted by Gasteiger charge is -2.11. The summed E-state index contributed by atoms with van der Waals surface area (Å²) in [5.74, 6) is 0.583. The maximum absolute atomic E-state index is 12.5. The van der Waals surface area contributed by atoms with Crippen LogP contribution in [0.3, 0.4) is 0 Å². The maximum Gasteiger partial charge on any atom is 0.263 e. The van der Waals surface area contributed by atoms with Crippen LogP contribution in [0.5, 0.6) is 5.75 Å². The van der Waals surface area contributed by atoms with Crippen LogP contribution in [-0.2, 0) is 16.6 Å². The van der Waals surface area contributed by atoms with E-state index >= 15 is 0 Å². The van der Waals surface area contributed by atoms with E-state index in [0.717, 1.165) is 0 Å². The third kappa shape index (κ3) is 4.61. The summed E-state index contributed by atoms with van der Waals surface area (Å²) in [5, 5.41) is 4.10. The standard InChI is InChI=1S/C17H16BrN3O3S/c18-16-7-1-2-8-17(16)25(22,23)20-14-5-3-6-15(13-14)24-12-11-21-10-4-9-19-21/h1-10,13,20H,11-12H2. The highest BCUT2D eigenvalue weighted by atomic mass is 79.9. The van der Waals surface area contributed by atoms with E-state index < -0.39 is 10.0 Å². The molecule has 0 aliphatic carbocycles. The zero-order valence-corrected chi connectivity index (χ0v) is 15.6. The van der Waals surface area contributed by atoms with Crippen LogP contribution in [-0.4, -0.2) is 24.8 Å². The van der Waals surface area contributed by atoms with Crippen LogP contribution in [0.15, 0.2) is 76.4 Å². The van der Waals surface area contributed by atoms with Gasteiger partial charge in [-0.2, -0.15) is 5.10 Å². The summed E-state index contributed by atoms with van der Waals surface area (Å²) in [6, 6.07) is 15.3. The maximum atomic E-state index is 12.5. The Kier molecular flexibility index (Phi) is 5.40. The van der Waals surface area contributed by atoms with Crippen molar-refractivity contribution in [3.8, 4) is 5.75 Å². The van der Waals surface area contributed by atoms with E-state index in [1.165, 1.54) is 6.07 Å². The number of nitrogens with zero attached hydrogens (tertiary/aromatic N) is 2. The number of anilines is 1. The minimum Gasteiger partial charge on any atom is -0.492 e. The molecule has 3 aromatic rings. The SMILES string of the molecule is O=S(=O)(Nc1cccc(OCCn2cccn2)c1)c1ccccc1Br. The van der Waals surface area contributed by atoms with Crippen molar-refractivity contribution in [2.24, 2.45) is 0 Å². The number of halogens is 1. The largest absolute Gasteiger partial charge is 0.492 e. The molecule has 0 fully saturated rings. The Morgan fingerprint density at radius 1 is 1.12 bits per heavy atom. The minimum atomic E-state index is -3.68. The van der Waals surface area contributed by atoms with E-state index in [-0.39, 0.29) is 4.90 Å². The fourth-order valence-electron chi connectivity index (χ4n) is 2.21. The lowest BCUT2D eigenvalue weighted by molar-refractivity contribution is 0.291. The monoisotopic (exact) mass is 421 g/mol. The zero-order chi connectivity index (χ0) is 17.7. The first-order valence-corrected chi connectivity index (χ1v) is 9.80. The molecule has 8 heteroatoms. The number of rotatable bonds is 7. The molecule has 0 spiro atoms. The van der Waals surface area contributed by atoms with Gasteiger partial charge in [0.1, 0.15) is 17.3 Å². The number of sulfonamides is 1. The number of hydrogen-bond donors (Lipinski definition) is 1. The Hall–Kier alpha value is -2.32. The Morgan fingerprint density at radius 3 is 2.72 bits per heavy atom. The fourth-order valence-corrected chi connectivity index (χ4v) is 4.27. The topological polar surface area (TPSA) is 73.2 Å². The quantitative estimate of drug-likeness (QED) is 0.633. The van der Waals surface area contributed by atoms with Crippen molar-refractivity contribution in [1.82, 2.24) is 9.78 Å². The van der Waals surface area contributed by atoms with Crippen LogP contribution in [0.25, 0.3) is 0 Å². The van der Waals surface area contributed by atoms with Gasteiger partial charge in [0.2, 0.25) is 0 Å². The summed E-state index contributed by atoms with van der Waals surface area (Å²) in [5.41, 5.74) is 0.437. The lowest BCUT2D eigenvalue weighted by atomic mass is 10.3. The average molecular weight is 422 g/mol. The summed E-state index contributed by atoms with van der Waals surface area (Å²) in [6.45, 7) is 1.04. The van der Waals surface area contributed by atoms with Gasteiger partial charge in [-0.15, -0.1) is 0 Å². The summed E-state index contributed by atoms with van der Waals surface area (Å²) in [7, 11) is -3.68. The molecule has 0 aliphatic rings. The molecule has 0 amide bonds. The van der Waals surface area contributed by atoms with Crippen molar-refractivity contribution in [1.29, 1.82) is 0 Å². The highest BCUT2D eigenvalue weighted by Crippen LogP contribution is 2.25. The lowest BCUT2D eigenvalue weighted by Crippen LogP contribution is -2.13. The summed E-state index contributed by atoms with van der Waals surface area (Å²) < 4.78 is 35.5. The van der Waals surface area contributed by atoms with Gasteiger partial charge < -0.3 is 4.74 Å². The van der Waals surface area contributed by atoms with Crippen LogP contribution >= 0.6 is 15.9 Å².